The lowest BCUT2D eigenvalue weighted by atomic mass is 10.1. The Morgan fingerprint density at radius 3 is 2.15 bits per heavy atom. The molecule has 27 heavy (non-hydrogen) atoms. The number of benzene rings is 2. The minimum Gasteiger partial charge on any atom is -0.311 e. The molecule has 0 unspecified atom stereocenters. The summed E-state index contributed by atoms with van der Waals surface area (Å²) in [5.41, 5.74) is 2.42. The average molecular weight is 360 g/mol. The second-order valence-corrected chi connectivity index (χ2v) is 5.97. The van der Waals surface area contributed by atoms with E-state index in [2.05, 4.69) is 6.58 Å². The Hall–Kier alpha value is -3.40. The molecule has 2 aromatic carbocycles. The number of para-hydroxylation sites is 1. The van der Waals surface area contributed by atoms with Crippen molar-refractivity contribution in [2.24, 2.45) is 0 Å². The summed E-state index contributed by atoms with van der Waals surface area (Å²) in [6, 6.07) is 16.2. The summed E-state index contributed by atoms with van der Waals surface area (Å²) < 4.78 is 0. The lowest BCUT2D eigenvalue weighted by Crippen LogP contribution is -2.28. The van der Waals surface area contributed by atoms with Crippen LogP contribution in [0.2, 0.25) is 0 Å². The van der Waals surface area contributed by atoms with Crippen LogP contribution in [0.1, 0.15) is 27.6 Å². The first-order valence-electron chi connectivity index (χ1n) is 8.66. The minimum atomic E-state index is -0.196. The zero-order valence-corrected chi connectivity index (χ0v) is 15.9. The third kappa shape index (κ3) is 4.82. The van der Waals surface area contributed by atoms with Crippen LogP contribution in [-0.2, 0) is 0 Å². The smallest absolute Gasteiger partial charge is 0.258 e. The molecule has 0 atom stereocenters. The maximum atomic E-state index is 12.8. The van der Waals surface area contributed by atoms with Gasteiger partial charge < -0.3 is 9.80 Å². The first-order valence-corrected chi connectivity index (χ1v) is 8.66. The van der Waals surface area contributed by atoms with E-state index in [1.807, 2.05) is 49.4 Å². The van der Waals surface area contributed by atoms with Crippen LogP contribution in [0.3, 0.4) is 0 Å². The maximum absolute atomic E-state index is 12.8. The van der Waals surface area contributed by atoms with Gasteiger partial charge in [0.15, 0.2) is 0 Å². The van der Waals surface area contributed by atoms with E-state index in [9.17, 15) is 9.59 Å². The van der Waals surface area contributed by atoms with Crippen LogP contribution in [0.25, 0.3) is 0 Å². The van der Waals surface area contributed by atoms with Gasteiger partial charge >= 0.3 is 0 Å². The molecule has 0 aromatic heterocycles. The number of anilines is 1. The van der Waals surface area contributed by atoms with Crippen molar-refractivity contribution < 1.29 is 9.59 Å². The lowest BCUT2D eigenvalue weighted by Gasteiger charge is -2.20. The molecule has 0 radical (unpaired) electrons. The van der Waals surface area contributed by atoms with Crippen LogP contribution in [0.15, 0.2) is 91.2 Å². The van der Waals surface area contributed by atoms with Gasteiger partial charge in [0.25, 0.3) is 11.8 Å². The molecule has 0 aliphatic heterocycles. The molecule has 0 N–H and O–H groups in total. The van der Waals surface area contributed by atoms with E-state index in [4.69, 9.17) is 0 Å². The van der Waals surface area contributed by atoms with Crippen molar-refractivity contribution in [1.82, 2.24) is 4.90 Å². The topological polar surface area (TPSA) is 40.6 Å². The van der Waals surface area contributed by atoms with E-state index >= 15 is 0 Å². The largest absolute Gasteiger partial charge is 0.311 e. The molecular formula is C23H24N2O2. The van der Waals surface area contributed by atoms with Crippen LogP contribution < -0.4 is 4.90 Å². The third-order valence-electron chi connectivity index (χ3n) is 4.12. The number of likely N-dealkylation sites (N-methyl/N-ethyl adjacent to an activating group) is 1. The zero-order chi connectivity index (χ0) is 19.8. The van der Waals surface area contributed by atoms with Crippen LogP contribution in [0.5, 0.6) is 0 Å². The Morgan fingerprint density at radius 2 is 1.56 bits per heavy atom. The Kier molecular flexibility index (Phi) is 6.89. The highest BCUT2D eigenvalue weighted by Crippen LogP contribution is 2.17. The Labute approximate surface area is 160 Å². The van der Waals surface area contributed by atoms with Gasteiger partial charge in [-0.15, -0.1) is 0 Å². The number of rotatable bonds is 6. The summed E-state index contributed by atoms with van der Waals surface area (Å²) in [4.78, 5) is 28.7. The Morgan fingerprint density at radius 1 is 0.926 bits per heavy atom. The molecule has 0 fully saturated rings. The number of carbonyl (C=O) groups excluding carboxylic acids is 2. The van der Waals surface area contributed by atoms with Gasteiger partial charge in [0, 0.05) is 36.6 Å². The fourth-order valence-electron chi connectivity index (χ4n) is 2.63. The second-order valence-electron chi connectivity index (χ2n) is 5.97. The molecule has 2 aromatic rings. The van der Waals surface area contributed by atoms with Crippen molar-refractivity contribution in [3.8, 4) is 0 Å². The van der Waals surface area contributed by atoms with Gasteiger partial charge in [0.05, 0.1) is 0 Å². The highest BCUT2D eigenvalue weighted by molar-refractivity contribution is 6.07. The summed E-state index contributed by atoms with van der Waals surface area (Å²) in [5.74, 6) is -0.368. The second kappa shape index (κ2) is 9.34. The number of carbonyl (C=O) groups is 2. The molecule has 4 nitrogen and oxygen atoms in total. The first-order chi connectivity index (χ1) is 13.0. The maximum Gasteiger partial charge on any atom is 0.258 e. The molecule has 0 aliphatic carbocycles. The quantitative estimate of drug-likeness (QED) is 0.702. The van der Waals surface area contributed by atoms with Gasteiger partial charge in [-0.3, -0.25) is 9.59 Å². The van der Waals surface area contributed by atoms with Gasteiger partial charge in [-0.05, 0) is 49.4 Å². The molecular weight excluding hydrogens is 336 g/mol. The molecule has 0 saturated carbocycles. The van der Waals surface area contributed by atoms with Crippen molar-refractivity contribution in [2.75, 3.05) is 19.0 Å². The predicted molar refractivity (Wildman–Crippen MR) is 111 cm³/mol. The number of nitrogens with zero attached hydrogens (tertiary/aromatic N) is 2. The molecule has 0 heterocycles. The SMILES string of the molecule is C=C/C=C(\C=C/C)N(C)C(=O)c1cccc(C(=O)N(C)c2ccccc2)c1. The van der Waals surface area contributed by atoms with Crippen LogP contribution >= 0.6 is 0 Å². The molecule has 0 spiro atoms. The standard InChI is InChI=1S/C23H24N2O2/c1-5-11-20(12-6-2)24(3)22(26)18-13-10-14-19(17-18)23(27)25(4)21-15-8-7-9-16-21/h5-17H,1H2,2-4H3/b12-6-,20-11+. The monoisotopic (exact) mass is 360 g/mol. The number of allylic oxidation sites excluding steroid dienone is 4. The molecule has 2 rings (SSSR count). The number of hydrogen-bond acceptors (Lipinski definition) is 2. The Bertz CT molecular complexity index is 882. The number of amides is 2. The van der Waals surface area contributed by atoms with Crippen LogP contribution in [0.4, 0.5) is 5.69 Å². The number of hydrogen-bond donors (Lipinski definition) is 0. The van der Waals surface area contributed by atoms with E-state index in [0.717, 1.165) is 11.4 Å². The van der Waals surface area contributed by atoms with E-state index in [1.165, 1.54) is 4.90 Å². The minimum absolute atomic E-state index is 0.172. The van der Waals surface area contributed by atoms with Crippen molar-refractivity contribution in [1.29, 1.82) is 0 Å². The highest BCUT2D eigenvalue weighted by atomic mass is 16.2. The summed E-state index contributed by atoms with van der Waals surface area (Å²) in [6.07, 6.45) is 7.08. The fourth-order valence-corrected chi connectivity index (χ4v) is 2.63. The molecule has 4 heteroatoms. The lowest BCUT2D eigenvalue weighted by molar-refractivity contribution is 0.0840. The van der Waals surface area contributed by atoms with Crippen molar-refractivity contribution in [2.45, 2.75) is 6.92 Å². The summed E-state index contributed by atoms with van der Waals surface area (Å²) in [6.45, 7) is 5.57. The van der Waals surface area contributed by atoms with E-state index < -0.39 is 0 Å². The van der Waals surface area contributed by atoms with Crippen LogP contribution in [-0.4, -0.2) is 30.8 Å². The molecule has 0 saturated heterocycles. The molecule has 2 amide bonds. The zero-order valence-electron chi connectivity index (χ0n) is 15.9. The Balaban J connectivity index is 2.28. The summed E-state index contributed by atoms with van der Waals surface area (Å²) in [5, 5.41) is 0. The molecule has 138 valence electrons. The van der Waals surface area contributed by atoms with Gasteiger partial charge in [-0.25, -0.2) is 0 Å². The fraction of sp³-hybridized carbons (Fsp3) is 0.130. The van der Waals surface area contributed by atoms with Crippen molar-refractivity contribution in [3.05, 3.63) is 102 Å². The van der Waals surface area contributed by atoms with Gasteiger partial charge in [0.1, 0.15) is 0 Å². The van der Waals surface area contributed by atoms with Gasteiger partial charge in [-0.2, -0.15) is 0 Å². The molecule has 0 bridgehead atoms. The van der Waals surface area contributed by atoms with Crippen molar-refractivity contribution >= 4 is 17.5 Å². The van der Waals surface area contributed by atoms with E-state index in [1.54, 1.807) is 55.4 Å². The molecule has 0 aliphatic rings. The highest BCUT2D eigenvalue weighted by Gasteiger charge is 2.18. The van der Waals surface area contributed by atoms with Gasteiger partial charge in [0.2, 0.25) is 0 Å². The summed E-state index contributed by atoms with van der Waals surface area (Å²) >= 11 is 0. The third-order valence-corrected chi connectivity index (χ3v) is 4.12. The summed E-state index contributed by atoms with van der Waals surface area (Å²) in [7, 11) is 3.41. The van der Waals surface area contributed by atoms with Gasteiger partial charge in [-0.1, -0.05) is 43.0 Å². The van der Waals surface area contributed by atoms with E-state index in [0.29, 0.717) is 11.1 Å². The normalized spacial score (nSPS) is 11.3. The first kappa shape index (κ1) is 19.9. The van der Waals surface area contributed by atoms with Crippen molar-refractivity contribution in [3.63, 3.8) is 0 Å². The average Bonchev–Trinajstić information content (AvgIpc) is 2.72. The van der Waals surface area contributed by atoms with Crippen LogP contribution in [0, 0.1) is 0 Å². The van der Waals surface area contributed by atoms with E-state index in [-0.39, 0.29) is 11.8 Å². The predicted octanol–water partition coefficient (Wildman–Crippen LogP) is 4.68.